The lowest BCUT2D eigenvalue weighted by molar-refractivity contribution is -0.0000186. The monoisotopic (exact) mass is 675 g/mol. The van der Waals surface area contributed by atoms with Crippen LogP contribution in [-0.2, 0) is 0 Å². The van der Waals surface area contributed by atoms with E-state index in [-0.39, 0.29) is 18.3 Å². The minimum Gasteiger partial charge on any atom is -1.00 e. The summed E-state index contributed by atoms with van der Waals surface area (Å²) in [6.45, 7) is 21.4. The maximum absolute atomic E-state index is 13.9. The van der Waals surface area contributed by atoms with E-state index in [9.17, 15) is 4.79 Å². The second-order valence-corrected chi connectivity index (χ2v) is 12.1. The second-order valence-electron chi connectivity index (χ2n) is 12.1. The lowest BCUT2D eigenvalue weighted by atomic mass is 9.90. The van der Waals surface area contributed by atoms with Gasteiger partial charge in [-0.3, -0.25) is 9.69 Å². The molecular weight excluding hydrogens is 622 g/mol. The number of hydrogen-bond acceptors (Lipinski definition) is 7. The maximum atomic E-state index is 13.9. The summed E-state index contributed by atoms with van der Waals surface area (Å²) in [4.78, 5) is 18.7. The molecule has 4 N–H and O–H groups in total. The fraction of sp³-hybridized carbons (Fsp3) is 0.474. The van der Waals surface area contributed by atoms with Crippen molar-refractivity contribution < 1.29 is 21.6 Å². The summed E-state index contributed by atoms with van der Waals surface area (Å²) >= 11 is 0. The minimum atomic E-state index is -0.0566. The van der Waals surface area contributed by atoms with E-state index in [0.717, 1.165) is 130 Å². The van der Waals surface area contributed by atoms with E-state index in [1.54, 1.807) is 0 Å². The Morgan fingerprint density at radius 2 is 1.50 bits per heavy atom. The van der Waals surface area contributed by atoms with Crippen LogP contribution in [0.5, 0.6) is 0 Å². The van der Waals surface area contributed by atoms with E-state index < -0.39 is 0 Å². The van der Waals surface area contributed by atoms with Gasteiger partial charge in [0.15, 0.2) is 0 Å². The van der Waals surface area contributed by atoms with E-state index in [4.69, 9.17) is 4.42 Å². The molecule has 0 atom stereocenters. The molecule has 0 aromatic heterocycles. The number of nitrogens with one attached hydrogen (secondary N) is 4. The average Bonchev–Trinajstić information content (AvgIpc) is 3.09. The zero-order valence-electron chi connectivity index (χ0n) is 29.2. The number of nitrogens with zero attached hydrogens (tertiary/aromatic N) is 3. The molecule has 0 spiro atoms. The second kappa shape index (κ2) is 18.9. The van der Waals surface area contributed by atoms with Crippen LogP contribution >= 0.6 is 0 Å². The van der Waals surface area contributed by atoms with Crippen molar-refractivity contribution in [3.05, 3.63) is 71.6 Å². The molecule has 2 heterocycles. The molecular formula is C38H54ClN7O2. The molecule has 1 fully saturated rings. The van der Waals surface area contributed by atoms with Gasteiger partial charge in [0.2, 0.25) is 5.36 Å². The summed E-state index contributed by atoms with van der Waals surface area (Å²) in [5.41, 5.74) is 5.56. The van der Waals surface area contributed by atoms with Gasteiger partial charge in [0, 0.05) is 118 Å². The molecule has 0 unspecified atom stereocenters. The molecule has 2 aliphatic heterocycles. The van der Waals surface area contributed by atoms with Gasteiger partial charge in [-0.2, -0.15) is 0 Å². The quantitative estimate of drug-likeness (QED) is 0.145. The number of fused-ring (bicyclic) bond motifs is 2. The highest BCUT2D eigenvalue weighted by Gasteiger charge is 2.23. The van der Waals surface area contributed by atoms with Crippen LogP contribution in [0.2, 0.25) is 0 Å². The van der Waals surface area contributed by atoms with Gasteiger partial charge < -0.3 is 43.0 Å². The van der Waals surface area contributed by atoms with Gasteiger partial charge in [0.1, 0.15) is 24.4 Å². The Morgan fingerprint density at radius 3 is 2.17 bits per heavy atom. The minimum absolute atomic E-state index is 0. The van der Waals surface area contributed by atoms with Crippen molar-refractivity contribution in [3.63, 3.8) is 0 Å². The van der Waals surface area contributed by atoms with Crippen molar-refractivity contribution in [1.82, 2.24) is 30.7 Å². The van der Waals surface area contributed by atoms with Crippen molar-refractivity contribution in [2.45, 2.75) is 27.7 Å². The third kappa shape index (κ3) is 9.15. The van der Waals surface area contributed by atoms with Crippen molar-refractivity contribution in [2.24, 2.45) is 0 Å². The van der Waals surface area contributed by atoms with E-state index >= 15 is 0 Å². The summed E-state index contributed by atoms with van der Waals surface area (Å²) in [7, 11) is 0. The molecule has 0 bridgehead atoms. The highest BCUT2D eigenvalue weighted by atomic mass is 35.5. The molecule has 48 heavy (non-hydrogen) atoms. The number of anilines is 1. The number of rotatable bonds is 10. The van der Waals surface area contributed by atoms with Crippen LogP contribution in [0.15, 0.2) is 65.1 Å². The predicted octanol–water partition coefficient (Wildman–Crippen LogP) is 0.681. The Morgan fingerprint density at radius 1 is 0.833 bits per heavy atom. The number of halogens is 1. The number of amides is 1. The SMILES string of the molecule is CCN(CC)c1ccc2c(-c3ccccc3C(=O)NCCN3CCNCCNCCNCC3)c3ccc(=[N+](CC)CC)cc-3oc2c1.[Cl-]. The Labute approximate surface area is 292 Å². The molecule has 1 amide bonds. The topological polar surface area (TPSA) is 87.8 Å². The van der Waals surface area contributed by atoms with Gasteiger partial charge in [-0.05, 0) is 57.5 Å². The molecule has 2 aromatic rings. The Balaban J connectivity index is 0.00000520. The van der Waals surface area contributed by atoms with Crippen molar-refractivity contribution >= 4 is 22.6 Å². The van der Waals surface area contributed by atoms with E-state index in [1.807, 2.05) is 18.2 Å². The molecule has 0 saturated carbocycles. The van der Waals surface area contributed by atoms with Crippen LogP contribution in [0, 0.1) is 0 Å². The molecule has 5 rings (SSSR count). The summed E-state index contributed by atoms with van der Waals surface area (Å²) in [6, 6.07) is 20.9. The third-order valence-corrected chi connectivity index (χ3v) is 9.27. The van der Waals surface area contributed by atoms with Crippen molar-refractivity contribution in [2.75, 3.05) is 96.5 Å². The van der Waals surface area contributed by atoms with Gasteiger partial charge in [-0.1, -0.05) is 18.2 Å². The first-order chi connectivity index (χ1) is 23.1. The van der Waals surface area contributed by atoms with Crippen LogP contribution < -0.4 is 48.5 Å². The molecule has 10 heteroatoms. The number of benzene rings is 3. The highest BCUT2D eigenvalue weighted by Crippen LogP contribution is 2.42. The van der Waals surface area contributed by atoms with Gasteiger partial charge in [-0.25, -0.2) is 4.58 Å². The molecule has 1 saturated heterocycles. The maximum Gasteiger partial charge on any atom is 0.251 e. The smallest absolute Gasteiger partial charge is 0.251 e. The van der Waals surface area contributed by atoms with Crippen LogP contribution in [0.25, 0.3) is 33.4 Å². The first-order valence-electron chi connectivity index (χ1n) is 17.6. The Bertz CT molecular complexity index is 1630. The first kappa shape index (κ1) is 37.4. The Hall–Kier alpha value is -3.47. The largest absolute Gasteiger partial charge is 1.00 e. The predicted molar refractivity (Wildman–Crippen MR) is 196 cm³/mol. The molecule has 1 aliphatic carbocycles. The van der Waals surface area contributed by atoms with Crippen LogP contribution in [0.1, 0.15) is 38.1 Å². The van der Waals surface area contributed by atoms with Crippen molar-refractivity contribution in [3.8, 4) is 22.5 Å². The molecule has 0 radical (unpaired) electrons. The van der Waals surface area contributed by atoms with Gasteiger partial charge in [-0.15, -0.1) is 0 Å². The zero-order chi connectivity index (χ0) is 33.0. The fourth-order valence-electron chi connectivity index (χ4n) is 6.59. The average molecular weight is 676 g/mol. The van der Waals surface area contributed by atoms with Gasteiger partial charge in [0.25, 0.3) is 5.91 Å². The van der Waals surface area contributed by atoms with Crippen molar-refractivity contribution in [1.29, 1.82) is 0 Å². The van der Waals surface area contributed by atoms with Crippen LogP contribution in [0.3, 0.4) is 0 Å². The van der Waals surface area contributed by atoms with Crippen LogP contribution in [0.4, 0.5) is 5.69 Å². The molecule has 3 aliphatic rings. The summed E-state index contributed by atoms with van der Waals surface area (Å²) in [5.74, 6) is 0.760. The third-order valence-electron chi connectivity index (χ3n) is 9.27. The normalized spacial score (nSPS) is 14.9. The molecule has 2 aromatic carbocycles. The standard InChI is InChI=1S/C38H53N7O2.ClH/c1-5-44(6-2)29-13-15-33-35(27-29)47-36-28-30(45(7-3)8-4)14-16-34(36)37(33)31-11-9-10-12-32(31)38(46)42-23-26-43-24-21-40-19-17-39-18-20-41-22-25-43;/h9-16,27-28,39-41H,5-8,17-26H2,1-4H3;1H. The molecule has 9 nitrogen and oxygen atoms in total. The fourth-order valence-corrected chi connectivity index (χ4v) is 6.59. The van der Waals surface area contributed by atoms with Gasteiger partial charge in [0.05, 0.1) is 6.07 Å². The summed E-state index contributed by atoms with van der Waals surface area (Å²) < 4.78 is 9.01. The first-order valence-corrected chi connectivity index (χ1v) is 17.6. The van der Waals surface area contributed by atoms with Gasteiger partial charge >= 0.3 is 0 Å². The summed E-state index contributed by atoms with van der Waals surface area (Å²) in [5, 5.41) is 15.9. The summed E-state index contributed by atoms with van der Waals surface area (Å²) in [6.07, 6.45) is 0. The zero-order valence-corrected chi connectivity index (χ0v) is 30.0. The van der Waals surface area contributed by atoms with Crippen LogP contribution in [-0.4, -0.2) is 102 Å². The number of hydrogen-bond donors (Lipinski definition) is 4. The lowest BCUT2D eigenvalue weighted by Gasteiger charge is -2.24. The van der Waals surface area contributed by atoms with E-state index in [0.29, 0.717) is 12.1 Å². The van der Waals surface area contributed by atoms with E-state index in [2.05, 4.69) is 106 Å². The Kier molecular flexibility index (Phi) is 14.7. The lowest BCUT2D eigenvalue weighted by Crippen LogP contribution is -3.00. The van der Waals surface area contributed by atoms with E-state index in [1.165, 1.54) is 0 Å². The number of carbonyl (C=O) groups excluding carboxylic acids is 1. The molecule has 260 valence electrons. The highest BCUT2D eigenvalue weighted by molar-refractivity contribution is 6.09. The number of carbonyl (C=O) groups is 1.